The van der Waals surface area contributed by atoms with Gasteiger partial charge in [0.15, 0.2) is 12.0 Å². The molecule has 3 aliphatic heterocycles. The number of methoxy groups -OCH3 is 1. The first kappa shape index (κ1) is 50.1. The third kappa shape index (κ3) is 12.3. The Morgan fingerprint density at radius 2 is 1.77 bits per heavy atom. The van der Waals surface area contributed by atoms with Crippen molar-refractivity contribution in [2.24, 2.45) is 40.3 Å². The number of aliphatic imine (C=N–C) groups is 1. The van der Waals surface area contributed by atoms with Crippen LogP contribution in [-0.2, 0) is 38.1 Å². The number of aliphatic hydroxyl groups excluding tert-OH is 1. The summed E-state index contributed by atoms with van der Waals surface area (Å²) in [6.45, 7) is 25.2. The van der Waals surface area contributed by atoms with Crippen LogP contribution in [0.4, 0.5) is 0 Å². The van der Waals surface area contributed by atoms with Gasteiger partial charge in [-0.2, -0.15) is 0 Å². The number of aldehydes is 1. The number of esters is 1. The van der Waals surface area contributed by atoms with Gasteiger partial charge in [-0.1, -0.05) is 66.3 Å². The number of nitrogens with two attached hydrogens (primary N) is 1. The molecule has 62 heavy (non-hydrogen) atoms. The fourth-order valence-corrected chi connectivity index (χ4v) is 8.88. The predicted molar refractivity (Wildman–Crippen MR) is 237 cm³/mol. The summed E-state index contributed by atoms with van der Waals surface area (Å²) in [5.74, 6) is -4.65. The van der Waals surface area contributed by atoms with Crippen LogP contribution >= 0.6 is 0 Å². The van der Waals surface area contributed by atoms with Crippen LogP contribution in [0.2, 0.25) is 0 Å². The van der Waals surface area contributed by atoms with Gasteiger partial charge in [-0.05, 0) is 49.7 Å². The molecule has 4 aliphatic rings. The van der Waals surface area contributed by atoms with Crippen molar-refractivity contribution >= 4 is 29.8 Å². The van der Waals surface area contributed by atoms with E-state index in [1.807, 2.05) is 19.9 Å². The van der Waals surface area contributed by atoms with Gasteiger partial charge in [0.25, 0.3) is 0 Å². The van der Waals surface area contributed by atoms with E-state index in [1.54, 1.807) is 59.8 Å². The normalized spacial score (nSPS) is 33.4. The van der Waals surface area contributed by atoms with E-state index in [4.69, 9.17) is 29.7 Å². The molecule has 344 valence electrons. The highest BCUT2D eigenvalue weighted by Gasteiger charge is 2.47. The smallest absolute Gasteiger partial charge is 0.315 e. The molecule has 6 N–H and O–H groups in total. The largest absolute Gasteiger partial charge is 0.461 e. The second kappa shape index (κ2) is 20.7. The van der Waals surface area contributed by atoms with Gasteiger partial charge >= 0.3 is 5.97 Å². The van der Waals surface area contributed by atoms with Crippen molar-refractivity contribution in [2.45, 2.75) is 137 Å². The van der Waals surface area contributed by atoms with Crippen molar-refractivity contribution in [3.63, 3.8) is 0 Å². The zero-order valence-corrected chi connectivity index (χ0v) is 38.6. The Kier molecular flexibility index (Phi) is 16.8. The summed E-state index contributed by atoms with van der Waals surface area (Å²) in [6, 6.07) is 0. The first-order valence-electron chi connectivity index (χ1n) is 21.8. The summed E-state index contributed by atoms with van der Waals surface area (Å²) in [7, 11) is 1.48. The fourth-order valence-electron chi connectivity index (χ4n) is 8.88. The third-order valence-electron chi connectivity index (χ3n) is 12.4. The second-order valence-electron chi connectivity index (χ2n) is 18.6. The molecular formula is C47H71N5O10. The van der Waals surface area contributed by atoms with Crippen molar-refractivity contribution in [3.05, 3.63) is 70.9 Å². The number of carbonyl (C=O) groups excluding carboxylic acids is 4. The summed E-state index contributed by atoms with van der Waals surface area (Å²) < 4.78 is 24.4. The molecule has 1 saturated heterocycles. The average Bonchev–Trinajstić information content (AvgIpc) is 3.51. The number of aliphatic hydroxyl groups is 2. The topological polar surface area (TPSA) is 211 Å². The molecule has 1 aliphatic carbocycles. The average molecular weight is 866 g/mol. The molecule has 4 rings (SSSR count). The molecule has 0 radical (unpaired) electrons. The zero-order chi connectivity index (χ0) is 46.3. The van der Waals surface area contributed by atoms with Gasteiger partial charge in [0, 0.05) is 82.8 Å². The first-order chi connectivity index (χ1) is 28.9. The van der Waals surface area contributed by atoms with Crippen LogP contribution in [-0.4, -0.2) is 107 Å². The van der Waals surface area contributed by atoms with Crippen LogP contribution < -0.4 is 16.4 Å². The van der Waals surface area contributed by atoms with Crippen molar-refractivity contribution in [1.82, 2.24) is 15.5 Å². The Morgan fingerprint density at radius 1 is 1.11 bits per heavy atom. The van der Waals surface area contributed by atoms with E-state index in [2.05, 4.69) is 36.0 Å². The van der Waals surface area contributed by atoms with Gasteiger partial charge in [-0.25, -0.2) is 0 Å². The van der Waals surface area contributed by atoms with Crippen LogP contribution in [0.1, 0.15) is 101 Å². The number of hydrogen-bond acceptors (Lipinski definition) is 13. The summed E-state index contributed by atoms with van der Waals surface area (Å²) in [5, 5.41) is 30.4. The molecule has 8 atom stereocenters. The van der Waals surface area contributed by atoms with Crippen LogP contribution in [0.3, 0.4) is 0 Å². The molecule has 0 aromatic heterocycles. The zero-order valence-electron chi connectivity index (χ0n) is 38.6. The Balaban J connectivity index is 1.81. The number of carbonyl (C=O) groups is 4. The predicted octanol–water partition coefficient (Wildman–Crippen LogP) is 4.87. The van der Waals surface area contributed by atoms with E-state index in [9.17, 15) is 29.4 Å². The van der Waals surface area contributed by atoms with Gasteiger partial charge in [0.1, 0.15) is 23.9 Å². The fraction of sp³-hybridized carbons (Fsp3) is 0.638. The van der Waals surface area contributed by atoms with E-state index in [0.717, 1.165) is 19.6 Å². The van der Waals surface area contributed by atoms with Gasteiger partial charge in [0.2, 0.25) is 17.6 Å². The van der Waals surface area contributed by atoms with Gasteiger partial charge < -0.3 is 50.4 Å². The number of nitrogens with one attached hydrogen (secondary N) is 2. The summed E-state index contributed by atoms with van der Waals surface area (Å²) in [6.07, 6.45) is 7.54. The number of ether oxygens (including phenoxy) is 4. The minimum atomic E-state index is -2.03. The first-order valence-corrected chi connectivity index (χ1v) is 21.8. The van der Waals surface area contributed by atoms with E-state index in [1.165, 1.54) is 13.4 Å². The molecule has 1 fully saturated rings. The minimum Gasteiger partial charge on any atom is -0.461 e. The molecule has 0 aromatic carbocycles. The highest BCUT2D eigenvalue weighted by Crippen LogP contribution is 2.42. The number of piperidine rings is 1. The Morgan fingerprint density at radius 3 is 2.37 bits per heavy atom. The molecule has 1 spiro atoms. The standard InChI is InChI=1S/C47H71N5O10/c1-27(2)25-52-19-17-46(18-20-52)49-34(9)40(50-46)35-24-47(58)33(8)43(36(35)26-53)62-45(10,11)60-21-16-37(59-12)31(6)42(61-39(55)23-38(48)54)32(7)41(56)30(5)22-28(3)14-13-15-29(4)44(57)51-47/h13-16,21,26-28,30-32,37,41-42,49,56,58H,9,17-20,22-25H2,1-8,10-12H3,(H2,48,54)(H,51,57)/b14-13+,21-16+,29-15-/t28-,30+,31+,32+,37-,41+,42+,47?/m0/s1. The van der Waals surface area contributed by atoms with Crippen LogP contribution in [0.25, 0.3) is 0 Å². The van der Waals surface area contributed by atoms with Crippen LogP contribution in [0.15, 0.2) is 75.9 Å². The van der Waals surface area contributed by atoms with Gasteiger partial charge in [0.05, 0.1) is 35.5 Å². The molecule has 15 nitrogen and oxygen atoms in total. The SMILES string of the molecule is C=C1NC2(CCN(CC(C)C)CC2)N=C1C1=C(C=O)C2=C(C)C(O)(C1)NC(=O)/C(C)=C\C=C\[C@H](C)C[C@@H](C)[C@@H](O)[C@@H](C)[C@H](OC(=O)CC(N)=O)[C@H](C)[C@@H](OC)/C=C/OC(C)(C)O2. The second-order valence-corrected chi connectivity index (χ2v) is 18.6. The van der Waals surface area contributed by atoms with Gasteiger partial charge in [-0.15, -0.1) is 0 Å². The molecule has 3 heterocycles. The molecule has 2 bridgehead atoms. The maximum Gasteiger partial charge on any atom is 0.315 e. The molecule has 0 saturated carbocycles. The Hall–Kier alpha value is -4.57. The Bertz CT molecular complexity index is 1890. The molecule has 2 amide bonds. The number of hydrogen-bond donors (Lipinski definition) is 5. The lowest BCUT2D eigenvalue weighted by molar-refractivity contribution is -0.163. The third-order valence-corrected chi connectivity index (χ3v) is 12.4. The molecule has 0 aromatic rings. The molecular weight excluding hydrogens is 795 g/mol. The van der Waals surface area contributed by atoms with Crippen LogP contribution in [0, 0.1) is 29.6 Å². The van der Waals surface area contributed by atoms with Crippen molar-refractivity contribution in [3.8, 4) is 0 Å². The highest BCUT2D eigenvalue weighted by atomic mass is 16.7. The van der Waals surface area contributed by atoms with Crippen LogP contribution in [0.5, 0.6) is 0 Å². The molecule has 15 heteroatoms. The Labute approximate surface area is 367 Å². The number of likely N-dealkylation sites (tertiary alicyclic amines) is 1. The lowest BCUT2D eigenvalue weighted by Crippen LogP contribution is -2.53. The molecule has 1 unspecified atom stereocenters. The number of allylic oxidation sites excluding steroid dienone is 5. The van der Waals surface area contributed by atoms with Crippen molar-refractivity contribution < 1.29 is 48.3 Å². The van der Waals surface area contributed by atoms with Crippen molar-refractivity contribution in [1.29, 1.82) is 0 Å². The lowest BCUT2D eigenvalue weighted by atomic mass is 9.79. The number of primary amides is 1. The maximum atomic E-state index is 13.9. The maximum absolute atomic E-state index is 13.9. The minimum absolute atomic E-state index is 0.00170. The quantitative estimate of drug-likeness (QED) is 0.126. The van der Waals surface area contributed by atoms with Gasteiger partial charge in [-0.3, -0.25) is 24.2 Å². The number of amides is 2. The summed E-state index contributed by atoms with van der Waals surface area (Å²) in [5.41, 5.74) is 4.53. The van der Waals surface area contributed by atoms with Crippen molar-refractivity contribution in [2.75, 3.05) is 26.7 Å². The number of nitrogens with zero attached hydrogens (tertiary/aromatic N) is 2. The lowest BCUT2D eigenvalue weighted by Gasteiger charge is -2.39. The van der Waals surface area contributed by atoms with E-state index in [0.29, 0.717) is 54.0 Å². The van der Waals surface area contributed by atoms with E-state index >= 15 is 0 Å². The number of fused-ring (bicyclic) bond motifs is 1. The summed E-state index contributed by atoms with van der Waals surface area (Å²) >= 11 is 0. The highest BCUT2D eigenvalue weighted by molar-refractivity contribution is 6.16. The van der Waals surface area contributed by atoms with E-state index in [-0.39, 0.29) is 35.2 Å². The monoisotopic (exact) mass is 866 g/mol. The summed E-state index contributed by atoms with van der Waals surface area (Å²) in [4.78, 5) is 59.2. The number of rotatable bonds is 8. The van der Waals surface area contributed by atoms with E-state index < -0.39 is 71.5 Å².